The van der Waals surface area contributed by atoms with Crippen molar-refractivity contribution < 1.29 is 9.53 Å². The fourth-order valence-electron chi connectivity index (χ4n) is 2.11. The van der Waals surface area contributed by atoms with Gasteiger partial charge in [-0.1, -0.05) is 22.6 Å². The first-order valence-electron chi connectivity index (χ1n) is 6.14. The monoisotopic (exact) mass is 378 g/mol. The third-order valence-corrected chi connectivity index (χ3v) is 3.95. The molecule has 1 saturated heterocycles. The van der Waals surface area contributed by atoms with E-state index in [2.05, 4.69) is 37.2 Å². The van der Waals surface area contributed by atoms with Gasteiger partial charge in [-0.3, -0.25) is 4.90 Å². The molecule has 1 N–H and O–H groups in total. The number of hydrogen-bond acceptors (Lipinski definition) is 5. The normalized spacial score (nSPS) is 22.9. The molecular weight excluding hydrogens is 361 g/mol. The van der Waals surface area contributed by atoms with Gasteiger partial charge in [-0.15, -0.1) is 0 Å². The highest BCUT2D eigenvalue weighted by atomic mass is 127. The van der Waals surface area contributed by atoms with Gasteiger partial charge in [0, 0.05) is 17.0 Å². The Hall–Kier alpha value is -0.800. The number of ether oxygens (including phenoxy) is 1. The van der Waals surface area contributed by atoms with E-state index in [1.54, 1.807) is 12.1 Å². The summed E-state index contributed by atoms with van der Waals surface area (Å²) >= 11 is 2.34. The average molecular weight is 378 g/mol. The highest BCUT2D eigenvalue weighted by Gasteiger charge is 2.37. The van der Waals surface area contributed by atoms with Crippen molar-refractivity contribution in [2.45, 2.75) is 25.6 Å². The Morgan fingerprint density at radius 3 is 3.11 bits per heavy atom. The number of esters is 1. The Balaban J connectivity index is 1.98. The standard InChI is InChI=1S/C12H17IN3O3/c1-8(15-7-9(15)5-6-13)16(18)11-4-3-10(14-11)12(17)19-2/h3-4,8-9,14H,5-7H2,1-2H3/q-1. The van der Waals surface area contributed by atoms with Gasteiger partial charge in [0.05, 0.1) is 19.1 Å². The van der Waals surface area contributed by atoms with E-state index in [4.69, 9.17) is 0 Å². The number of aromatic amines is 1. The van der Waals surface area contributed by atoms with Crippen LogP contribution >= 0.6 is 22.6 Å². The molecule has 3 unspecified atom stereocenters. The first kappa shape index (κ1) is 14.6. The zero-order valence-corrected chi connectivity index (χ0v) is 13.1. The fraction of sp³-hybridized carbons (Fsp3) is 0.583. The minimum atomic E-state index is -0.471. The van der Waals surface area contributed by atoms with Crippen molar-refractivity contribution in [3.05, 3.63) is 23.0 Å². The number of H-pyrrole nitrogens is 1. The van der Waals surface area contributed by atoms with E-state index in [1.165, 1.54) is 7.11 Å². The van der Waals surface area contributed by atoms with Crippen molar-refractivity contribution in [1.82, 2.24) is 9.88 Å². The lowest BCUT2D eigenvalue weighted by Crippen LogP contribution is -2.35. The van der Waals surface area contributed by atoms with Crippen LogP contribution in [0.5, 0.6) is 0 Å². The largest absolute Gasteiger partial charge is 0.756 e. The molecule has 0 saturated carbocycles. The molecule has 6 nitrogen and oxygen atoms in total. The molecule has 1 aromatic heterocycles. The van der Waals surface area contributed by atoms with Crippen LogP contribution in [0.4, 0.5) is 5.82 Å². The summed E-state index contributed by atoms with van der Waals surface area (Å²) in [4.78, 5) is 16.2. The Bertz CT molecular complexity index is 451. The van der Waals surface area contributed by atoms with E-state index in [-0.39, 0.29) is 6.17 Å². The van der Waals surface area contributed by atoms with Crippen LogP contribution < -0.4 is 5.06 Å². The zero-order valence-electron chi connectivity index (χ0n) is 10.9. The molecule has 1 aliphatic rings. The smallest absolute Gasteiger partial charge is 0.354 e. The summed E-state index contributed by atoms with van der Waals surface area (Å²) in [5.41, 5.74) is 0.292. The molecule has 0 spiro atoms. The molecule has 0 bridgehead atoms. The number of alkyl halides is 1. The highest BCUT2D eigenvalue weighted by Crippen LogP contribution is 2.28. The van der Waals surface area contributed by atoms with Crippen molar-refractivity contribution >= 4 is 34.4 Å². The number of nitrogens with zero attached hydrogens (tertiary/aromatic N) is 2. The summed E-state index contributed by atoms with van der Waals surface area (Å²) in [7, 11) is 1.31. The van der Waals surface area contributed by atoms with E-state index >= 15 is 0 Å². The maximum atomic E-state index is 12.2. The molecule has 1 aliphatic heterocycles. The molecule has 2 heterocycles. The first-order chi connectivity index (χ1) is 9.08. The first-order valence-corrected chi connectivity index (χ1v) is 7.66. The summed E-state index contributed by atoms with van der Waals surface area (Å²) in [5, 5.41) is 13.1. The van der Waals surface area contributed by atoms with Gasteiger partial charge < -0.3 is 20.0 Å². The van der Waals surface area contributed by atoms with Crippen molar-refractivity contribution in [2.75, 3.05) is 23.1 Å². The third-order valence-electron chi connectivity index (χ3n) is 3.33. The summed E-state index contributed by atoms with van der Waals surface area (Å²) in [5.74, 6) is -0.0881. The maximum Gasteiger partial charge on any atom is 0.354 e. The predicted molar refractivity (Wildman–Crippen MR) is 81.4 cm³/mol. The van der Waals surface area contributed by atoms with Crippen LogP contribution in [-0.2, 0) is 4.74 Å². The number of anilines is 1. The quantitative estimate of drug-likeness (QED) is 0.270. The molecule has 0 aromatic carbocycles. The summed E-state index contributed by atoms with van der Waals surface area (Å²) < 4.78 is 5.69. The van der Waals surface area contributed by atoms with Crippen LogP contribution in [0.25, 0.3) is 0 Å². The molecule has 1 aromatic rings. The van der Waals surface area contributed by atoms with Gasteiger partial charge in [-0.05, 0) is 25.5 Å². The van der Waals surface area contributed by atoms with Gasteiger partial charge in [-0.2, -0.15) is 0 Å². The molecule has 7 heteroatoms. The van der Waals surface area contributed by atoms with E-state index in [0.29, 0.717) is 17.6 Å². The van der Waals surface area contributed by atoms with Gasteiger partial charge >= 0.3 is 5.97 Å². The van der Waals surface area contributed by atoms with Crippen LogP contribution in [0.15, 0.2) is 12.1 Å². The van der Waals surface area contributed by atoms with Gasteiger partial charge in [0.15, 0.2) is 0 Å². The van der Waals surface area contributed by atoms with Crippen LogP contribution in [-0.4, -0.2) is 46.1 Å². The van der Waals surface area contributed by atoms with Crippen molar-refractivity contribution in [3.8, 4) is 0 Å². The number of methoxy groups -OCH3 is 1. The Morgan fingerprint density at radius 1 is 1.74 bits per heavy atom. The lowest BCUT2D eigenvalue weighted by Gasteiger charge is -2.37. The molecule has 0 amide bonds. The van der Waals surface area contributed by atoms with Crippen LogP contribution in [0.3, 0.4) is 0 Å². The number of aromatic nitrogens is 1. The Kier molecular flexibility index (Phi) is 4.69. The average Bonchev–Trinajstić information content (AvgIpc) is 3.01. The molecule has 19 heavy (non-hydrogen) atoms. The highest BCUT2D eigenvalue weighted by molar-refractivity contribution is 14.1. The van der Waals surface area contributed by atoms with Gasteiger partial charge in [0.2, 0.25) is 0 Å². The zero-order chi connectivity index (χ0) is 14.0. The maximum absolute atomic E-state index is 12.2. The van der Waals surface area contributed by atoms with E-state index in [1.807, 2.05) is 6.92 Å². The summed E-state index contributed by atoms with van der Waals surface area (Å²) in [6, 6.07) is 3.68. The number of carbonyl (C=O) groups is 1. The second-order valence-electron chi connectivity index (χ2n) is 4.53. The SMILES string of the molecule is COC(=O)c1ccc(N([O-])C(C)N2CC2CCI)[nH]1. The van der Waals surface area contributed by atoms with Gasteiger partial charge in [0.1, 0.15) is 5.69 Å². The van der Waals surface area contributed by atoms with Crippen molar-refractivity contribution in [3.63, 3.8) is 0 Å². The molecular formula is C12H17IN3O3-. The fourth-order valence-corrected chi connectivity index (χ4v) is 2.83. The molecule has 0 aliphatic carbocycles. The van der Waals surface area contributed by atoms with E-state index in [9.17, 15) is 10.0 Å². The second-order valence-corrected chi connectivity index (χ2v) is 5.61. The van der Waals surface area contributed by atoms with E-state index in [0.717, 1.165) is 22.5 Å². The number of hydrogen-bond donors (Lipinski definition) is 1. The van der Waals surface area contributed by atoms with Crippen LogP contribution in [0, 0.1) is 5.21 Å². The minimum absolute atomic E-state index is 0.225. The van der Waals surface area contributed by atoms with E-state index < -0.39 is 5.97 Å². The van der Waals surface area contributed by atoms with Crippen molar-refractivity contribution in [1.29, 1.82) is 0 Å². The summed E-state index contributed by atoms with van der Waals surface area (Å²) in [6.07, 6.45) is 0.883. The van der Waals surface area contributed by atoms with Crippen molar-refractivity contribution in [2.24, 2.45) is 0 Å². The number of rotatable bonds is 6. The second kappa shape index (κ2) is 6.10. The number of carbonyl (C=O) groups excluding carboxylic acids is 1. The lowest BCUT2D eigenvalue weighted by atomic mass is 10.4. The Morgan fingerprint density at radius 2 is 2.47 bits per heavy atom. The lowest BCUT2D eigenvalue weighted by molar-refractivity contribution is 0.0595. The Labute approximate surface area is 125 Å². The third kappa shape index (κ3) is 3.21. The molecule has 106 valence electrons. The summed E-state index contributed by atoms with van der Waals surface area (Å²) in [6.45, 7) is 2.84. The van der Waals surface area contributed by atoms with Crippen LogP contribution in [0.1, 0.15) is 23.8 Å². The number of nitrogens with one attached hydrogen (secondary N) is 1. The van der Waals surface area contributed by atoms with Crippen LogP contribution in [0.2, 0.25) is 0 Å². The number of halogens is 1. The van der Waals surface area contributed by atoms with Gasteiger partial charge in [-0.25, -0.2) is 4.79 Å². The predicted octanol–water partition coefficient (Wildman–Crippen LogP) is 1.96. The number of hydroxylamine groups is 1. The molecule has 1 fully saturated rings. The van der Waals surface area contributed by atoms with Gasteiger partial charge in [0.25, 0.3) is 0 Å². The minimum Gasteiger partial charge on any atom is -0.756 e. The molecule has 2 rings (SSSR count). The molecule has 0 radical (unpaired) electrons. The topological polar surface area (TPSA) is 71.4 Å². The molecule has 3 atom stereocenters.